The minimum absolute atomic E-state index is 0.127. The van der Waals surface area contributed by atoms with Gasteiger partial charge in [0.15, 0.2) is 11.0 Å². The van der Waals surface area contributed by atoms with Crippen LogP contribution in [0.15, 0.2) is 78.5 Å². The third-order valence-corrected chi connectivity index (χ3v) is 5.60. The van der Waals surface area contributed by atoms with E-state index in [-0.39, 0.29) is 11.7 Å². The molecule has 0 saturated carbocycles. The maximum atomic E-state index is 12.4. The number of nitrogens with one attached hydrogen (secondary N) is 1. The lowest BCUT2D eigenvalue weighted by molar-refractivity contribution is -0.113. The molecular formula is C24H23N5O2S. The largest absolute Gasteiger partial charge is 0.494 e. The summed E-state index contributed by atoms with van der Waals surface area (Å²) in [7, 11) is 0. The summed E-state index contributed by atoms with van der Waals surface area (Å²) < 4.78 is 7.34. The van der Waals surface area contributed by atoms with E-state index in [1.807, 2.05) is 72.2 Å². The van der Waals surface area contributed by atoms with Gasteiger partial charge in [-0.2, -0.15) is 0 Å². The SMILES string of the molecule is C=CCn1c(SCC(=O)Nc2ccc(OCC)cc2)nnc1-c1ccc2ccccc2n1. The van der Waals surface area contributed by atoms with Gasteiger partial charge in [0.2, 0.25) is 5.91 Å². The second-order valence-corrected chi connectivity index (χ2v) is 7.83. The van der Waals surface area contributed by atoms with Crippen molar-refractivity contribution in [2.75, 3.05) is 17.7 Å². The number of hydrogen-bond acceptors (Lipinski definition) is 6. The molecule has 0 radical (unpaired) electrons. The average Bonchev–Trinajstić information content (AvgIpc) is 3.21. The van der Waals surface area contributed by atoms with Gasteiger partial charge in [-0.05, 0) is 43.3 Å². The standard InChI is InChI=1S/C24H23N5O2S/c1-3-15-29-23(21-14-9-17-7-5-6-8-20(17)26-21)27-28-24(29)32-16-22(30)25-18-10-12-19(13-11-18)31-4-2/h3,5-14H,1,4,15-16H2,2H3,(H,25,30). The lowest BCUT2D eigenvalue weighted by Gasteiger charge is -2.09. The van der Waals surface area contributed by atoms with E-state index in [1.165, 1.54) is 11.8 Å². The monoisotopic (exact) mass is 445 g/mol. The number of fused-ring (bicyclic) bond motifs is 1. The summed E-state index contributed by atoms with van der Waals surface area (Å²) in [5.74, 6) is 1.49. The number of thioether (sulfide) groups is 1. The minimum Gasteiger partial charge on any atom is -0.494 e. The Morgan fingerprint density at radius 1 is 1.12 bits per heavy atom. The maximum absolute atomic E-state index is 12.4. The zero-order chi connectivity index (χ0) is 22.3. The fourth-order valence-electron chi connectivity index (χ4n) is 3.20. The molecular weight excluding hydrogens is 422 g/mol. The van der Waals surface area contributed by atoms with Crippen LogP contribution in [-0.2, 0) is 11.3 Å². The number of rotatable bonds is 9. The predicted octanol–water partition coefficient (Wildman–Crippen LogP) is 4.81. The van der Waals surface area contributed by atoms with E-state index < -0.39 is 0 Å². The van der Waals surface area contributed by atoms with Gasteiger partial charge in [0.25, 0.3) is 0 Å². The lowest BCUT2D eigenvalue weighted by Crippen LogP contribution is -2.14. The molecule has 1 N–H and O–H groups in total. The highest BCUT2D eigenvalue weighted by Gasteiger charge is 2.16. The van der Waals surface area contributed by atoms with Gasteiger partial charge in [-0.3, -0.25) is 9.36 Å². The Bertz CT molecular complexity index is 1240. The number of benzene rings is 2. The number of hydrogen-bond donors (Lipinski definition) is 1. The number of carbonyl (C=O) groups is 1. The number of carbonyl (C=O) groups excluding carboxylic acids is 1. The van der Waals surface area contributed by atoms with Crippen molar-refractivity contribution in [2.45, 2.75) is 18.6 Å². The Balaban J connectivity index is 1.47. The van der Waals surface area contributed by atoms with Crippen molar-refractivity contribution in [1.82, 2.24) is 19.7 Å². The quantitative estimate of drug-likeness (QED) is 0.294. The molecule has 0 unspecified atom stereocenters. The first-order chi connectivity index (χ1) is 15.7. The topological polar surface area (TPSA) is 81.9 Å². The molecule has 0 aliphatic heterocycles. The number of aromatic nitrogens is 4. The number of pyridine rings is 1. The van der Waals surface area contributed by atoms with Crippen molar-refractivity contribution in [3.8, 4) is 17.3 Å². The van der Waals surface area contributed by atoms with Gasteiger partial charge in [-0.15, -0.1) is 16.8 Å². The van der Waals surface area contributed by atoms with Crippen LogP contribution in [0.3, 0.4) is 0 Å². The van der Waals surface area contributed by atoms with Gasteiger partial charge < -0.3 is 10.1 Å². The highest BCUT2D eigenvalue weighted by Crippen LogP contribution is 2.25. The average molecular weight is 446 g/mol. The highest BCUT2D eigenvalue weighted by atomic mass is 32.2. The molecule has 0 spiro atoms. The maximum Gasteiger partial charge on any atom is 0.234 e. The van der Waals surface area contributed by atoms with Crippen molar-refractivity contribution in [2.24, 2.45) is 0 Å². The molecule has 7 nitrogen and oxygen atoms in total. The third-order valence-electron chi connectivity index (χ3n) is 4.64. The fourth-order valence-corrected chi connectivity index (χ4v) is 3.95. The molecule has 0 fully saturated rings. The summed E-state index contributed by atoms with van der Waals surface area (Å²) >= 11 is 1.32. The molecule has 0 aliphatic rings. The van der Waals surface area contributed by atoms with Crippen LogP contribution < -0.4 is 10.1 Å². The molecule has 4 rings (SSSR count). The smallest absolute Gasteiger partial charge is 0.234 e. The molecule has 1 amide bonds. The number of para-hydroxylation sites is 1. The second-order valence-electron chi connectivity index (χ2n) is 6.89. The molecule has 32 heavy (non-hydrogen) atoms. The van der Waals surface area contributed by atoms with Crippen molar-refractivity contribution < 1.29 is 9.53 Å². The van der Waals surface area contributed by atoms with Gasteiger partial charge >= 0.3 is 0 Å². The van der Waals surface area contributed by atoms with Crippen LogP contribution in [0.5, 0.6) is 5.75 Å². The van der Waals surface area contributed by atoms with Crippen molar-refractivity contribution in [3.63, 3.8) is 0 Å². The Kier molecular flexibility index (Phi) is 6.81. The lowest BCUT2D eigenvalue weighted by atomic mass is 10.2. The van der Waals surface area contributed by atoms with Crippen LogP contribution in [0, 0.1) is 0 Å². The Morgan fingerprint density at radius 2 is 1.94 bits per heavy atom. The number of allylic oxidation sites excluding steroid dienone is 1. The molecule has 2 aromatic heterocycles. The van der Waals surface area contributed by atoms with E-state index in [0.29, 0.717) is 29.8 Å². The van der Waals surface area contributed by atoms with Crippen LogP contribution in [0.25, 0.3) is 22.4 Å². The van der Waals surface area contributed by atoms with Crippen LogP contribution >= 0.6 is 11.8 Å². The van der Waals surface area contributed by atoms with E-state index in [0.717, 1.165) is 22.3 Å². The summed E-state index contributed by atoms with van der Waals surface area (Å²) in [6.45, 7) is 6.88. The number of anilines is 1. The first-order valence-corrected chi connectivity index (χ1v) is 11.2. The zero-order valence-electron chi connectivity index (χ0n) is 17.7. The molecule has 0 atom stereocenters. The molecule has 8 heteroatoms. The van der Waals surface area contributed by atoms with Crippen molar-refractivity contribution in [1.29, 1.82) is 0 Å². The van der Waals surface area contributed by atoms with Crippen LogP contribution in [0.2, 0.25) is 0 Å². The molecule has 4 aromatic rings. The van der Waals surface area contributed by atoms with Crippen LogP contribution in [-0.4, -0.2) is 38.0 Å². The minimum atomic E-state index is -0.127. The summed E-state index contributed by atoms with van der Waals surface area (Å²) in [4.78, 5) is 17.2. The van der Waals surface area contributed by atoms with E-state index in [1.54, 1.807) is 6.08 Å². The molecule has 162 valence electrons. The highest BCUT2D eigenvalue weighted by molar-refractivity contribution is 7.99. The Morgan fingerprint density at radius 3 is 2.72 bits per heavy atom. The number of amides is 1. The number of nitrogens with zero attached hydrogens (tertiary/aromatic N) is 4. The van der Waals surface area contributed by atoms with Crippen molar-refractivity contribution in [3.05, 3.63) is 73.3 Å². The van der Waals surface area contributed by atoms with Crippen molar-refractivity contribution >= 4 is 34.3 Å². The van der Waals surface area contributed by atoms with Gasteiger partial charge in [-0.1, -0.05) is 42.1 Å². The normalized spacial score (nSPS) is 10.8. The summed E-state index contributed by atoms with van der Waals surface area (Å²) in [5.41, 5.74) is 2.33. The molecule has 0 bridgehead atoms. The van der Waals surface area contributed by atoms with Gasteiger partial charge in [0, 0.05) is 17.6 Å². The van der Waals surface area contributed by atoms with Crippen LogP contribution in [0.4, 0.5) is 5.69 Å². The second kappa shape index (κ2) is 10.1. The van der Waals surface area contributed by atoms with Crippen LogP contribution in [0.1, 0.15) is 6.92 Å². The van der Waals surface area contributed by atoms with E-state index in [9.17, 15) is 4.79 Å². The van der Waals surface area contributed by atoms with Gasteiger partial charge in [0.05, 0.1) is 17.9 Å². The van der Waals surface area contributed by atoms with E-state index >= 15 is 0 Å². The predicted molar refractivity (Wildman–Crippen MR) is 128 cm³/mol. The third kappa shape index (κ3) is 4.97. The van der Waals surface area contributed by atoms with Gasteiger partial charge in [0.1, 0.15) is 11.4 Å². The molecule has 0 saturated heterocycles. The summed E-state index contributed by atoms with van der Waals surface area (Å²) in [6.07, 6.45) is 1.78. The molecule has 2 heterocycles. The Labute approximate surface area is 190 Å². The van der Waals surface area contributed by atoms with E-state index in [4.69, 9.17) is 9.72 Å². The summed E-state index contributed by atoms with van der Waals surface area (Å²) in [5, 5.41) is 13.2. The zero-order valence-corrected chi connectivity index (χ0v) is 18.5. The van der Waals surface area contributed by atoms with Gasteiger partial charge in [-0.25, -0.2) is 4.98 Å². The Hall–Kier alpha value is -3.65. The first kappa shape index (κ1) is 21.6. The molecule has 0 aliphatic carbocycles. The fraction of sp³-hybridized carbons (Fsp3) is 0.167. The summed E-state index contributed by atoms with van der Waals surface area (Å²) in [6, 6.07) is 19.2. The first-order valence-electron chi connectivity index (χ1n) is 10.2. The number of ether oxygens (including phenoxy) is 1. The van der Waals surface area contributed by atoms with E-state index in [2.05, 4.69) is 22.1 Å². The molecule has 2 aromatic carbocycles.